The first-order chi connectivity index (χ1) is 9.85. The number of carbonyl (C=O) groups is 2. The Balaban J connectivity index is 0.000000433. The molecule has 0 amide bonds. The summed E-state index contributed by atoms with van der Waals surface area (Å²) < 4.78 is 0. The molecule has 3 N–H and O–H groups in total. The summed E-state index contributed by atoms with van der Waals surface area (Å²) in [6, 6.07) is 8.49. The second-order valence-electron chi connectivity index (χ2n) is 3.96. The van der Waals surface area contributed by atoms with Gasteiger partial charge in [-0.1, -0.05) is 11.6 Å². The van der Waals surface area contributed by atoms with E-state index < -0.39 is 11.9 Å². The van der Waals surface area contributed by atoms with Crippen molar-refractivity contribution in [1.29, 1.82) is 0 Å². The molecule has 1 atom stereocenters. The van der Waals surface area contributed by atoms with Gasteiger partial charge in [-0.05, 0) is 38.2 Å². The smallest absolute Gasteiger partial charge is 0.328 e. The van der Waals surface area contributed by atoms with Gasteiger partial charge in [-0.2, -0.15) is 0 Å². The Bertz CT molecular complexity index is 460. The number of carboxylic acids is 2. The molecule has 0 saturated carbocycles. The van der Waals surface area contributed by atoms with E-state index in [1.165, 1.54) is 4.90 Å². The van der Waals surface area contributed by atoms with Gasteiger partial charge in [0.05, 0.1) is 0 Å². The molecule has 1 aromatic rings. The maximum atomic E-state index is 9.55. The van der Waals surface area contributed by atoms with Crippen molar-refractivity contribution in [2.45, 2.75) is 17.9 Å². The zero-order valence-corrected chi connectivity index (χ0v) is 13.3. The van der Waals surface area contributed by atoms with Crippen LogP contribution >= 0.6 is 23.4 Å². The molecule has 0 fully saturated rings. The van der Waals surface area contributed by atoms with E-state index in [9.17, 15) is 9.59 Å². The molecular weight excluding hydrogens is 314 g/mol. The number of thioether (sulfide) groups is 1. The number of hydrogen-bond acceptors (Lipinski definition) is 4. The zero-order valence-electron chi connectivity index (χ0n) is 11.7. The van der Waals surface area contributed by atoms with Gasteiger partial charge in [-0.3, -0.25) is 0 Å². The summed E-state index contributed by atoms with van der Waals surface area (Å²) in [7, 11) is 1.98. The number of nitrogens with one attached hydrogen (secondary N) is 1. The van der Waals surface area contributed by atoms with Crippen molar-refractivity contribution < 1.29 is 19.8 Å². The minimum atomic E-state index is -1.26. The van der Waals surface area contributed by atoms with Gasteiger partial charge >= 0.3 is 11.9 Å². The number of halogens is 1. The molecule has 0 saturated heterocycles. The van der Waals surface area contributed by atoms with E-state index >= 15 is 0 Å². The molecule has 7 heteroatoms. The van der Waals surface area contributed by atoms with Crippen LogP contribution in [0.25, 0.3) is 0 Å². The van der Waals surface area contributed by atoms with E-state index in [1.54, 1.807) is 0 Å². The highest BCUT2D eigenvalue weighted by Gasteiger charge is 1.99. The minimum Gasteiger partial charge on any atom is -0.478 e. The van der Waals surface area contributed by atoms with Gasteiger partial charge in [0.15, 0.2) is 0 Å². The quantitative estimate of drug-likeness (QED) is 0.549. The zero-order chi connectivity index (χ0) is 16.3. The van der Waals surface area contributed by atoms with E-state index in [-0.39, 0.29) is 0 Å². The van der Waals surface area contributed by atoms with Crippen LogP contribution in [0.1, 0.15) is 6.92 Å². The average molecular weight is 332 g/mol. The molecule has 0 aliphatic rings. The van der Waals surface area contributed by atoms with Crippen LogP contribution in [0.4, 0.5) is 0 Å². The van der Waals surface area contributed by atoms with Crippen molar-refractivity contribution in [1.82, 2.24) is 5.32 Å². The fourth-order valence-corrected chi connectivity index (χ4v) is 2.04. The monoisotopic (exact) mass is 331 g/mol. The van der Waals surface area contributed by atoms with E-state index in [1.807, 2.05) is 30.9 Å². The summed E-state index contributed by atoms with van der Waals surface area (Å²) in [5.41, 5.74) is 0. The lowest BCUT2D eigenvalue weighted by Gasteiger charge is -2.08. The summed E-state index contributed by atoms with van der Waals surface area (Å²) in [5, 5.41) is 19.6. The van der Waals surface area contributed by atoms with Crippen molar-refractivity contribution in [3.05, 3.63) is 41.4 Å². The molecule has 21 heavy (non-hydrogen) atoms. The summed E-state index contributed by atoms with van der Waals surface area (Å²) in [4.78, 5) is 20.4. The lowest BCUT2D eigenvalue weighted by Crippen LogP contribution is -2.23. The fourth-order valence-electron chi connectivity index (χ4n) is 0.978. The predicted octanol–water partition coefficient (Wildman–Crippen LogP) is 2.75. The molecule has 0 unspecified atom stereocenters. The van der Waals surface area contributed by atoms with Crippen LogP contribution in [0, 0.1) is 0 Å². The predicted molar refractivity (Wildman–Crippen MR) is 85.1 cm³/mol. The minimum absolute atomic E-state index is 0.542. The third kappa shape index (κ3) is 12.0. The number of benzene rings is 1. The Kier molecular flexibility index (Phi) is 10.4. The molecule has 0 spiro atoms. The van der Waals surface area contributed by atoms with Crippen molar-refractivity contribution in [2.75, 3.05) is 12.8 Å². The van der Waals surface area contributed by atoms with Gasteiger partial charge in [-0.15, -0.1) is 11.8 Å². The molecule has 116 valence electrons. The Hall–Kier alpha value is -1.50. The summed E-state index contributed by atoms with van der Waals surface area (Å²) in [6.07, 6.45) is 1.12. The molecule has 0 aliphatic carbocycles. The van der Waals surface area contributed by atoms with Crippen LogP contribution in [0.15, 0.2) is 41.3 Å². The largest absolute Gasteiger partial charge is 0.478 e. The average Bonchev–Trinajstić information content (AvgIpc) is 2.45. The van der Waals surface area contributed by atoms with Crippen molar-refractivity contribution >= 4 is 35.3 Å². The molecular formula is C14H18ClNO4S. The first-order valence-corrected chi connectivity index (χ1v) is 7.41. The topological polar surface area (TPSA) is 86.6 Å². The fraction of sp³-hybridized carbons (Fsp3) is 0.286. The Morgan fingerprint density at radius 3 is 2.10 bits per heavy atom. The van der Waals surface area contributed by atoms with Crippen molar-refractivity contribution in [3.63, 3.8) is 0 Å². The lowest BCUT2D eigenvalue weighted by molar-refractivity contribution is -0.134. The van der Waals surface area contributed by atoms with Crippen LogP contribution in [0.3, 0.4) is 0 Å². The molecule has 1 aromatic carbocycles. The van der Waals surface area contributed by atoms with Crippen LogP contribution < -0.4 is 5.32 Å². The maximum absolute atomic E-state index is 9.55. The summed E-state index contributed by atoms with van der Waals surface area (Å²) >= 11 is 7.62. The molecule has 0 bridgehead atoms. The van der Waals surface area contributed by atoms with Crippen LogP contribution in [0.5, 0.6) is 0 Å². The number of hydrogen-bond donors (Lipinski definition) is 3. The van der Waals surface area contributed by atoms with Gasteiger partial charge in [0.25, 0.3) is 0 Å². The normalized spacial score (nSPS) is 11.6. The first kappa shape index (κ1) is 19.5. The van der Waals surface area contributed by atoms with Crippen LogP contribution in [0.2, 0.25) is 5.02 Å². The van der Waals surface area contributed by atoms with Gasteiger partial charge in [-0.25, -0.2) is 9.59 Å². The van der Waals surface area contributed by atoms with Crippen LogP contribution in [-0.2, 0) is 9.59 Å². The SMILES string of the molecule is CN[C@H](C)CSc1ccc(Cl)cc1.O=C(O)C=CC(=O)O. The highest BCUT2D eigenvalue weighted by Crippen LogP contribution is 2.20. The Morgan fingerprint density at radius 1 is 1.24 bits per heavy atom. The van der Waals surface area contributed by atoms with Crippen LogP contribution in [-0.4, -0.2) is 41.0 Å². The van der Waals surface area contributed by atoms with Gasteiger partial charge < -0.3 is 15.5 Å². The third-order valence-electron chi connectivity index (χ3n) is 2.17. The first-order valence-electron chi connectivity index (χ1n) is 6.04. The lowest BCUT2D eigenvalue weighted by atomic mass is 10.4. The van der Waals surface area contributed by atoms with E-state index in [0.29, 0.717) is 18.2 Å². The molecule has 5 nitrogen and oxygen atoms in total. The van der Waals surface area contributed by atoms with Crippen molar-refractivity contribution in [2.24, 2.45) is 0 Å². The summed E-state index contributed by atoms with van der Waals surface area (Å²) in [5.74, 6) is -1.43. The maximum Gasteiger partial charge on any atom is 0.328 e. The number of rotatable bonds is 6. The van der Waals surface area contributed by atoms with E-state index in [0.717, 1.165) is 10.8 Å². The second kappa shape index (κ2) is 11.2. The van der Waals surface area contributed by atoms with Crippen molar-refractivity contribution in [3.8, 4) is 0 Å². The molecule has 0 heterocycles. The van der Waals surface area contributed by atoms with E-state index in [2.05, 4.69) is 24.4 Å². The Labute approximate surface area is 133 Å². The molecule has 0 radical (unpaired) electrons. The molecule has 0 aromatic heterocycles. The number of carboxylic acid groups (broad SMARTS) is 2. The van der Waals surface area contributed by atoms with E-state index in [4.69, 9.17) is 21.8 Å². The van der Waals surface area contributed by atoms with Gasteiger partial charge in [0.1, 0.15) is 0 Å². The summed E-state index contributed by atoms with van der Waals surface area (Å²) in [6.45, 7) is 2.17. The van der Waals surface area contributed by atoms with Gasteiger partial charge in [0, 0.05) is 33.9 Å². The third-order valence-corrected chi connectivity index (χ3v) is 3.70. The van der Waals surface area contributed by atoms with Gasteiger partial charge in [0.2, 0.25) is 0 Å². The Morgan fingerprint density at radius 2 is 1.71 bits per heavy atom. The highest BCUT2D eigenvalue weighted by molar-refractivity contribution is 7.99. The number of aliphatic carboxylic acids is 2. The highest BCUT2D eigenvalue weighted by atomic mass is 35.5. The standard InChI is InChI=1S/C10H14ClNS.C4H4O4/c1-8(12-2)7-13-10-5-3-9(11)4-6-10;5-3(6)1-2-4(7)8/h3-6,8,12H,7H2,1-2H3;1-2H,(H,5,6)(H,7,8)/t8-;/m1./s1. The molecule has 1 rings (SSSR count). The second-order valence-corrected chi connectivity index (χ2v) is 5.49. The molecule has 0 aliphatic heterocycles.